The fraction of sp³-hybridized carbons (Fsp3) is 0.316. The molecule has 2 nitrogen and oxygen atoms in total. The van der Waals surface area contributed by atoms with Crippen LogP contribution in [-0.4, -0.2) is 5.91 Å². The number of fused-ring (bicyclic) bond motifs is 1. The number of hydrogen-bond donors (Lipinski definition) is 1. The maximum Gasteiger partial charge on any atom is 0.224 e. The SMILES string of the molecule is Cc1ccccc1CC(=O)N[C@@H]1CCCc2ccccc21. The lowest BCUT2D eigenvalue weighted by Gasteiger charge is -2.26. The molecule has 21 heavy (non-hydrogen) atoms. The van der Waals surface area contributed by atoms with Crippen molar-refractivity contribution in [3.05, 3.63) is 70.8 Å². The Morgan fingerprint density at radius 3 is 2.76 bits per heavy atom. The molecule has 0 spiro atoms. The molecule has 2 aromatic rings. The molecule has 2 heteroatoms. The Morgan fingerprint density at radius 2 is 1.90 bits per heavy atom. The number of amides is 1. The molecule has 0 bridgehead atoms. The van der Waals surface area contributed by atoms with Crippen molar-refractivity contribution in [2.24, 2.45) is 0 Å². The zero-order valence-corrected chi connectivity index (χ0v) is 12.4. The Labute approximate surface area is 126 Å². The van der Waals surface area contributed by atoms with Gasteiger partial charge in [0.2, 0.25) is 5.91 Å². The van der Waals surface area contributed by atoms with Gasteiger partial charge in [-0.05, 0) is 48.4 Å². The third-order valence-corrected chi connectivity index (χ3v) is 4.32. The summed E-state index contributed by atoms with van der Waals surface area (Å²) in [5.74, 6) is 0.117. The first kappa shape index (κ1) is 13.9. The normalized spacial score (nSPS) is 17.1. The molecular formula is C19H21NO. The highest BCUT2D eigenvalue weighted by atomic mass is 16.1. The van der Waals surface area contributed by atoms with Crippen LogP contribution in [0.15, 0.2) is 48.5 Å². The van der Waals surface area contributed by atoms with Crippen LogP contribution in [0.1, 0.15) is 41.1 Å². The molecule has 0 heterocycles. The summed E-state index contributed by atoms with van der Waals surface area (Å²) >= 11 is 0. The van der Waals surface area contributed by atoms with Crippen LogP contribution < -0.4 is 5.32 Å². The zero-order chi connectivity index (χ0) is 14.7. The number of carbonyl (C=O) groups excluding carboxylic acids is 1. The maximum atomic E-state index is 12.3. The van der Waals surface area contributed by atoms with Crippen LogP contribution in [0.25, 0.3) is 0 Å². The first-order chi connectivity index (χ1) is 10.2. The van der Waals surface area contributed by atoms with Crippen molar-refractivity contribution in [2.75, 3.05) is 0 Å². The minimum Gasteiger partial charge on any atom is -0.349 e. The molecule has 0 saturated heterocycles. The van der Waals surface area contributed by atoms with Crippen molar-refractivity contribution < 1.29 is 4.79 Å². The van der Waals surface area contributed by atoms with Gasteiger partial charge in [-0.25, -0.2) is 0 Å². The molecule has 0 aliphatic heterocycles. The first-order valence-corrected chi connectivity index (χ1v) is 7.66. The van der Waals surface area contributed by atoms with Gasteiger partial charge < -0.3 is 5.32 Å². The Bertz CT molecular complexity index is 648. The second kappa shape index (κ2) is 6.13. The molecule has 1 N–H and O–H groups in total. The van der Waals surface area contributed by atoms with E-state index in [2.05, 4.69) is 42.6 Å². The second-order valence-corrected chi connectivity index (χ2v) is 5.81. The standard InChI is InChI=1S/C19H21NO/c1-14-7-2-3-9-16(14)13-19(21)20-18-12-6-10-15-8-4-5-11-17(15)18/h2-5,7-9,11,18H,6,10,12-13H2,1H3,(H,20,21)/t18-/m1/s1. The summed E-state index contributed by atoms with van der Waals surface area (Å²) in [7, 11) is 0. The summed E-state index contributed by atoms with van der Waals surface area (Å²) in [6.07, 6.45) is 3.77. The molecule has 0 aromatic heterocycles. The fourth-order valence-corrected chi connectivity index (χ4v) is 3.13. The van der Waals surface area contributed by atoms with Gasteiger partial charge >= 0.3 is 0 Å². The zero-order valence-electron chi connectivity index (χ0n) is 12.4. The summed E-state index contributed by atoms with van der Waals surface area (Å²) < 4.78 is 0. The van der Waals surface area contributed by atoms with E-state index in [9.17, 15) is 4.79 Å². The van der Waals surface area contributed by atoms with Crippen LogP contribution in [-0.2, 0) is 17.6 Å². The lowest BCUT2D eigenvalue weighted by molar-refractivity contribution is -0.121. The average molecular weight is 279 g/mol. The molecule has 1 amide bonds. The van der Waals surface area contributed by atoms with Crippen LogP contribution in [0.5, 0.6) is 0 Å². The third-order valence-electron chi connectivity index (χ3n) is 4.32. The van der Waals surface area contributed by atoms with Crippen LogP contribution in [0.2, 0.25) is 0 Å². The largest absolute Gasteiger partial charge is 0.349 e. The van der Waals surface area contributed by atoms with Crippen molar-refractivity contribution in [3.63, 3.8) is 0 Å². The van der Waals surface area contributed by atoms with Gasteiger partial charge in [0, 0.05) is 0 Å². The van der Waals surface area contributed by atoms with E-state index in [1.165, 1.54) is 16.7 Å². The van der Waals surface area contributed by atoms with E-state index in [1.54, 1.807) is 0 Å². The van der Waals surface area contributed by atoms with Gasteiger partial charge in [-0.1, -0.05) is 48.5 Å². The summed E-state index contributed by atoms with van der Waals surface area (Å²) in [5, 5.41) is 3.21. The van der Waals surface area contributed by atoms with Crippen molar-refractivity contribution in [1.29, 1.82) is 0 Å². The molecule has 1 atom stereocenters. The Kier molecular flexibility index (Phi) is 4.05. The van der Waals surface area contributed by atoms with E-state index in [4.69, 9.17) is 0 Å². The highest BCUT2D eigenvalue weighted by Crippen LogP contribution is 2.29. The summed E-state index contributed by atoms with van der Waals surface area (Å²) in [4.78, 5) is 12.3. The summed E-state index contributed by atoms with van der Waals surface area (Å²) in [5.41, 5.74) is 4.96. The van der Waals surface area contributed by atoms with Crippen molar-refractivity contribution in [1.82, 2.24) is 5.32 Å². The van der Waals surface area contributed by atoms with E-state index in [0.717, 1.165) is 24.8 Å². The van der Waals surface area contributed by atoms with E-state index >= 15 is 0 Å². The first-order valence-electron chi connectivity index (χ1n) is 7.66. The predicted molar refractivity (Wildman–Crippen MR) is 85.1 cm³/mol. The van der Waals surface area contributed by atoms with Gasteiger partial charge in [-0.2, -0.15) is 0 Å². The molecule has 3 rings (SSSR count). The number of hydrogen-bond acceptors (Lipinski definition) is 1. The topological polar surface area (TPSA) is 29.1 Å². The van der Waals surface area contributed by atoms with Crippen LogP contribution >= 0.6 is 0 Å². The Hall–Kier alpha value is -2.09. The van der Waals surface area contributed by atoms with Crippen molar-refractivity contribution >= 4 is 5.91 Å². The van der Waals surface area contributed by atoms with E-state index in [-0.39, 0.29) is 11.9 Å². The Morgan fingerprint density at radius 1 is 1.14 bits per heavy atom. The van der Waals surface area contributed by atoms with Crippen LogP contribution in [0, 0.1) is 6.92 Å². The Balaban J connectivity index is 1.70. The molecule has 0 saturated carbocycles. The van der Waals surface area contributed by atoms with Crippen molar-refractivity contribution in [3.8, 4) is 0 Å². The quantitative estimate of drug-likeness (QED) is 0.911. The van der Waals surface area contributed by atoms with E-state index in [0.29, 0.717) is 6.42 Å². The number of benzene rings is 2. The van der Waals surface area contributed by atoms with Crippen LogP contribution in [0.4, 0.5) is 0 Å². The minimum atomic E-state index is 0.117. The number of aryl methyl sites for hydroxylation is 2. The molecule has 0 unspecified atom stereocenters. The highest BCUT2D eigenvalue weighted by Gasteiger charge is 2.21. The average Bonchev–Trinajstić information content (AvgIpc) is 2.50. The highest BCUT2D eigenvalue weighted by molar-refractivity contribution is 5.79. The van der Waals surface area contributed by atoms with Gasteiger partial charge in [0.05, 0.1) is 12.5 Å². The van der Waals surface area contributed by atoms with E-state index in [1.807, 2.05) is 18.2 Å². The van der Waals surface area contributed by atoms with Crippen molar-refractivity contribution in [2.45, 2.75) is 38.6 Å². The third kappa shape index (κ3) is 3.15. The molecule has 1 aliphatic rings. The summed E-state index contributed by atoms with van der Waals surface area (Å²) in [6, 6.07) is 16.7. The monoisotopic (exact) mass is 279 g/mol. The molecule has 108 valence electrons. The molecular weight excluding hydrogens is 258 g/mol. The van der Waals surface area contributed by atoms with Gasteiger partial charge in [0.15, 0.2) is 0 Å². The molecule has 0 fully saturated rings. The van der Waals surface area contributed by atoms with Gasteiger partial charge in [0.1, 0.15) is 0 Å². The number of nitrogens with one attached hydrogen (secondary N) is 1. The smallest absolute Gasteiger partial charge is 0.224 e. The number of rotatable bonds is 3. The lowest BCUT2D eigenvalue weighted by atomic mass is 9.87. The fourth-order valence-electron chi connectivity index (χ4n) is 3.13. The van der Waals surface area contributed by atoms with Gasteiger partial charge in [-0.3, -0.25) is 4.79 Å². The van der Waals surface area contributed by atoms with E-state index < -0.39 is 0 Å². The van der Waals surface area contributed by atoms with Crippen LogP contribution in [0.3, 0.4) is 0 Å². The molecule has 0 radical (unpaired) electrons. The second-order valence-electron chi connectivity index (χ2n) is 5.81. The van der Waals surface area contributed by atoms with Gasteiger partial charge in [-0.15, -0.1) is 0 Å². The maximum absolute atomic E-state index is 12.3. The lowest BCUT2D eigenvalue weighted by Crippen LogP contribution is -2.32. The number of carbonyl (C=O) groups is 1. The predicted octanol–water partition coefficient (Wildman–Crippen LogP) is 3.73. The van der Waals surface area contributed by atoms with Gasteiger partial charge in [0.25, 0.3) is 0 Å². The molecule has 2 aromatic carbocycles. The minimum absolute atomic E-state index is 0.117. The molecule has 1 aliphatic carbocycles. The summed E-state index contributed by atoms with van der Waals surface area (Å²) in [6.45, 7) is 2.05.